The van der Waals surface area contributed by atoms with Crippen LogP contribution < -0.4 is 15.9 Å². The smallest absolute Gasteiger partial charge is 0.0604 e. The molecular weight excluding hydrogens is 347 g/mol. The lowest BCUT2D eigenvalue weighted by atomic mass is 10.2. The first kappa shape index (κ1) is 19.7. The van der Waals surface area contributed by atoms with E-state index in [2.05, 4.69) is 97.9 Å². The first-order valence-electron chi connectivity index (χ1n) is 9.80. The zero-order valence-electron chi connectivity index (χ0n) is 16.3. The summed E-state index contributed by atoms with van der Waals surface area (Å²) in [5, 5.41) is 4.07. The normalized spacial score (nSPS) is 11.3. The van der Waals surface area contributed by atoms with E-state index in [0.717, 1.165) is 12.8 Å². The molecule has 27 heavy (non-hydrogen) atoms. The van der Waals surface area contributed by atoms with Crippen molar-refractivity contribution in [2.45, 2.75) is 32.6 Å². The fraction of sp³-hybridized carbons (Fsp3) is 0.240. The molecule has 3 rings (SSSR count). The Morgan fingerprint density at radius 3 is 1.41 bits per heavy atom. The standard InChI is InChI=1S/C25H29OP/c1-3-4-8-21-25(26-2)27(22-15-9-5-10-16-22,23-17-11-6-12-18-23)24-19-13-7-14-20-24/h5-7,9-20H,3-4,8,21H2,1-2H3. The largest absolute Gasteiger partial charge is 0.353 e. The summed E-state index contributed by atoms with van der Waals surface area (Å²) in [7, 11) is 1.85. The second-order valence-corrected chi connectivity index (χ2v) is 10.1. The number of methoxy groups -OCH3 is 1. The molecule has 0 aliphatic carbocycles. The maximum atomic E-state index is 6.19. The number of unbranched alkanes of at least 4 members (excludes halogenated alkanes) is 2. The van der Waals surface area contributed by atoms with Gasteiger partial charge in [-0.15, -0.1) is 0 Å². The number of ether oxygens (including phenoxy) is 1. The van der Waals surface area contributed by atoms with Crippen molar-refractivity contribution in [3.8, 4) is 0 Å². The number of hydrogen-bond donors (Lipinski definition) is 0. The molecule has 3 aromatic rings. The molecule has 0 atom stereocenters. The van der Waals surface area contributed by atoms with Gasteiger partial charge >= 0.3 is 0 Å². The van der Waals surface area contributed by atoms with Crippen molar-refractivity contribution < 1.29 is 4.74 Å². The van der Waals surface area contributed by atoms with Crippen LogP contribution in [0.4, 0.5) is 0 Å². The summed E-state index contributed by atoms with van der Waals surface area (Å²) < 4.78 is 6.19. The molecule has 1 nitrogen and oxygen atoms in total. The third-order valence-corrected chi connectivity index (χ3v) is 9.41. The van der Waals surface area contributed by atoms with Gasteiger partial charge in [-0.1, -0.05) is 111 Å². The van der Waals surface area contributed by atoms with Gasteiger partial charge in [0.25, 0.3) is 0 Å². The molecule has 0 unspecified atom stereocenters. The van der Waals surface area contributed by atoms with E-state index in [-0.39, 0.29) is 0 Å². The van der Waals surface area contributed by atoms with E-state index in [1.165, 1.54) is 34.2 Å². The Balaban J connectivity index is 2.39. The maximum Gasteiger partial charge on any atom is 0.0604 e. The molecule has 0 amide bonds. The van der Waals surface area contributed by atoms with E-state index >= 15 is 0 Å². The predicted molar refractivity (Wildman–Crippen MR) is 121 cm³/mol. The number of benzene rings is 3. The molecule has 0 saturated carbocycles. The van der Waals surface area contributed by atoms with Gasteiger partial charge < -0.3 is 4.74 Å². The molecule has 3 aromatic carbocycles. The monoisotopic (exact) mass is 376 g/mol. The molecule has 0 radical (unpaired) electrons. The molecule has 0 aliphatic heterocycles. The average Bonchev–Trinajstić information content (AvgIpc) is 2.75. The third-order valence-electron chi connectivity index (χ3n) is 5.03. The van der Waals surface area contributed by atoms with Crippen molar-refractivity contribution in [2.75, 3.05) is 7.11 Å². The Bertz CT molecular complexity index is 767. The molecule has 0 aromatic heterocycles. The molecule has 140 valence electrons. The van der Waals surface area contributed by atoms with Crippen LogP contribution in [0.2, 0.25) is 0 Å². The Morgan fingerprint density at radius 1 is 0.667 bits per heavy atom. The van der Waals surface area contributed by atoms with Gasteiger partial charge in [0.1, 0.15) is 0 Å². The van der Waals surface area contributed by atoms with Crippen molar-refractivity contribution in [3.05, 3.63) is 91.0 Å². The Hall–Kier alpha value is -2.08. The first-order valence-corrected chi connectivity index (χ1v) is 11.6. The highest BCUT2D eigenvalue weighted by molar-refractivity contribution is 7.95. The van der Waals surface area contributed by atoms with Gasteiger partial charge in [-0.05, 0) is 28.8 Å². The van der Waals surface area contributed by atoms with E-state index < -0.39 is 6.89 Å². The van der Waals surface area contributed by atoms with Gasteiger partial charge in [0.15, 0.2) is 0 Å². The van der Waals surface area contributed by atoms with E-state index in [1.54, 1.807) is 0 Å². The molecule has 2 heteroatoms. The van der Waals surface area contributed by atoms with Crippen molar-refractivity contribution in [1.82, 2.24) is 0 Å². The second-order valence-electron chi connectivity index (χ2n) is 6.73. The topological polar surface area (TPSA) is 9.23 Å². The highest BCUT2D eigenvalue weighted by Crippen LogP contribution is 2.47. The van der Waals surface area contributed by atoms with Crippen LogP contribution in [0.3, 0.4) is 0 Å². The molecular formula is C25H29OP. The van der Waals surface area contributed by atoms with Crippen molar-refractivity contribution >= 4 is 28.3 Å². The minimum atomic E-state index is -2.01. The van der Waals surface area contributed by atoms with Crippen LogP contribution in [0.5, 0.6) is 0 Å². The van der Waals surface area contributed by atoms with Gasteiger partial charge in [0.2, 0.25) is 0 Å². The zero-order valence-corrected chi connectivity index (χ0v) is 17.2. The van der Waals surface area contributed by atoms with Crippen LogP contribution in [-0.4, -0.2) is 12.6 Å². The quantitative estimate of drug-likeness (QED) is 0.381. The highest BCUT2D eigenvalue weighted by Gasteiger charge is 2.29. The van der Waals surface area contributed by atoms with Crippen LogP contribution in [-0.2, 0) is 4.74 Å². The van der Waals surface area contributed by atoms with E-state index in [1.807, 2.05) is 7.11 Å². The molecule has 0 bridgehead atoms. The second kappa shape index (κ2) is 9.74. The highest BCUT2D eigenvalue weighted by atomic mass is 31.2. The predicted octanol–water partition coefficient (Wildman–Crippen LogP) is 5.34. The third kappa shape index (κ3) is 4.10. The van der Waals surface area contributed by atoms with Crippen LogP contribution in [0.15, 0.2) is 91.0 Å². The molecule has 0 N–H and O–H groups in total. The van der Waals surface area contributed by atoms with Gasteiger partial charge in [0.05, 0.1) is 5.48 Å². The van der Waals surface area contributed by atoms with Gasteiger partial charge in [0, 0.05) is 14.0 Å². The minimum absolute atomic E-state index is 0.997. The van der Waals surface area contributed by atoms with Crippen LogP contribution in [0.25, 0.3) is 0 Å². The summed E-state index contributed by atoms with van der Waals surface area (Å²) >= 11 is 0. The lowest BCUT2D eigenvalue weighted by molar-refractivity contribution is 0.398. The van der Waals surface area contributed by atoms with Crippen molar-refractivity contribution in [2.24, 2.45) is 0 Å². The molecule has 0 spiro atoms. The van der Waals surface area contributed by atoms with Crippen LogP contribution in [0.1, 0.15) is 32.6 Å². The van der Waals surface area contributed by atoms with Gasteiger partial charge in [-0.3, -0.25) is 0 Å². The van der Waals surface area contributed by atoms with E-state index in [0.29, 0.717) is 0 Å². The number of rotatable bonds is 8. The summed E-state index contributed by atoms with van der Waals surface area (Å²) in [4.78, 5) is 0. The fourth-order valence-electron chi connectivity index (χ4n) is 3.77. The number of hydrogen-bond acceptors (Lipinski definition) is 1. The van der Waals surface area contributed by atoms with E-state index in [9.17, 15) is 0 Å². The Kier molecular flexibility index (Phi) is 7.10. The Labute approximate surface area is 164 Å². The molecule has 0 saturated heterocycles. The van der Waals surface area contributed by atoms with E-state index in [4.69, 9.17) is 4.74 Å². The molecule has 0 heterocycles. The summed E-state index contributed by atoms with van der Waals surface area (Å²) in [6, 6.07) is 32.8. The van der Waals surface area contributed by atoms with Crippen LogP contribution in [0, 0.1) is 0 Å². The molecule has 0 aliphatic rings. The average molecular weight is 376 g/mol. The zero-order chi connectivity index (χ0) is 19.0. The SMILES string of the molecule is CCCCCC(OC)=P(c1ccccc1)(c1ccccc1)c1ccccc1. The lowest BCUT2D eigenvalue weighted by Gasteiger charge is -2.32. The summed E-state index contributed by atoms with van der Waals surface area (Å²) in [5.41, 5.74) is 1.22. The first-order chi connectivity index (χ1) is 13.3. The van der Waals surface area contributed by atoms with Gasteiger partial charge in [-0.25, -0.2) is 0 Å². The lowest BCUT2D eigenvalue weighted by Crippen LogP contribution is -2.31. The van der Waals surface area contributed by atoms with Crippen molar-refractivity contribution in [3.63, 3.8) is 0 Å². The van der Waals surface area contributed by atoms with Crippen molar-refractivity contribution in [1.29, 1.82) is 0 Å². The van der Waals surface area contributed by atoms with Gasteiger partial charge in [-0.2, -0.15) is 0 Å². The maximum absolute atomic E-state index is 6.19. The molecule has 0 fully saturated rings. The fourth-order valence-corrected chi connectivity index (χ4v) is 8.15. The minimum Gasteiger partial charge on any atom is -0.353 e. The Morgan fingerprint density at radius 2 is 1.07 bits per heavy atom. The summed E-state index contributed by atoms with van der Waals surface area (Å²) in [6.07, 6.45) is 4.60. The summed E-state index contributed by atoms with van der Waals surface area (Å²) in [6.45, 7) is 0.241. The van der Waals surface area contributed by atoms with Crippen LogP contribution >= 0.6 is 6.89 Å². The summed E-state index contributed by atoms with van der Waals surface area (Å²) in [5.74, 6) is 0.